The maximum Gasteiger partial charge on any atom is 0.160 e. The Kier molecular flexibility index (Phi) is 6.83. The first-order valence-electron chi connectivity index (χ1n) is 17.4. The van der Waals surface area contributed by atoms with E-state index in [1.807, 2.05) is 29.5 Å². The molecular weight excluding hydrogens is 637 g/mol. The Morgan fingerprint density at radius 3 is 1.84 bits per heavy atom. The van der Waals surface area contributed by atoms with Crippen LogP contribution in [-0.4, -0.2) is 9.97 Å². The fourth-order valence-electron chi connectivity index (χ4n) is 7.93. The quantitative estimate of drug-likeness (QED) is 0.182. The predicted octanol–water partition coefficient (Wildman–Crippen LogP) is 12.8. The van der Waals surface area contributed by atoms with Gasteiger partial charge in [0.2, 0.25) is 0 Å². The molecule has 1 aliphatic rings. The number of hydrogen-bond donors (Lipinski definition) is 0. The van der Waals surface area contributed by atoms with Crippen molar-refractivity contribution in [2.75, 3.05) is 0 Å². The van der Waals surface area contributed by atoms with Crippen LogP contribution in [0, 0.1) is 0 Å². The van der Waals surface area contributed by atoms with E-state index < -0.39 is 0 Å². The highest BCUT2D eigenvalue weighted by molar-refractivity contribution is 7.25. The molecular formula is C48H32N2S. The molecule has 3 heteroatoms. The Labute approximate surface area is 301 Å². The van der Waals surface area contributed by atoms with Gasteiger partial charge in [-0.05, 0) is 70.1 Å². The number of hydrogen-bond acceptors (Lipinski definition) is 3. The zero-order valence-corrected chi connectivity index (χ0v) is 28.9. The second kappa shape index (κ2) is 11.7. The highest BCUT2D eigenvalue weighted by Crippen LogP contribution is 2.53. The molecule has 0 fully saturated rings. The van der Waals surface area contributed by atoms with Crippen LogP contribution in [0.3, 0.4) is 0 Å². The highest BCUT2D eigenvalue weighted by Gasteiger charge is 2.40. The summed E-state index contributed by atoms with van der Waals surface area (Å²) >= 11 is 1.85. The molecule has 2 heterocycles. The SMILES string of the molecule is CC1(c2ccccc2)c2ccccc2-c2ccc(-c3cc(-c4ccc(-c5ccc6c(c5)sc5ccccc56)cc4)nc(-c4ccccc4)n3)cc21. The molecule has 0 saturated carbocycles. The highest BCUT2D eigenvalue weighted by atomic mass is 32.1. The molecule has 51 heavy (non-hydrogen) atoms. The Hall–Kier alpha value is -6.16. The Bertz CT molecular complexity index is 2750. The molecule has 2 nitrogen and oxygen atoms in total. The number of benzene rings is 7. The zero-order chi connectivity index (χ0) is 33.9. The van der Waals surface area contributed by atoms with Gasteiger partial charge >= 0.3 is 0 Å². The lowest BCUT2D eigenvalue weighted by Gasteiger charge is -2.28. The van der Waals surface area contributed by atoms with Crippen LogP contribution in [0.25, 0.3) is 76.3 Å². The molecule has 0 aliphatic heterocycles. The van der Waals surface area contributed by atoms with E-state index in [0.717, 1.165) is 33.9 Å². The van der Waals surface area contributed by atoms with E-state index in [0.29, 0.717) is 0 Å². The van der Waals surface area contributed by atoms with Gasteiger partial charge < -0.3 is 0 Å². The van der Waals surface area contributed by atoms with E-state index >= 15 is 0 Å². The summed E-state index contributed by atoms with van der Waals surface area (Å²) in [6.07, 6.45) is 0. The van der Waals surface area contributed by atoms with E-state index in [1.165, 1.54) is 59.1 Å². The maximum atomic E-state index is 5.20. The minimum absolute atomic E-state index is 0.282. The fraction of sp³-hybridized carbons (Fsp3) is 0.0417. The molecule has 0 N–H and O–H groups in total. The molecule has 1 atom stereocenters. The summed E-state index contributed by atoms with van der Waals surface area (Å²) < 4.78 is 2.64. The van der Waals surface area contributed by atoms with Crippen LogP contribution in [0.2, 0.25) is 0 Å². The summed E-state index contributed by atoms with van der Waals surface area (Å²) in [5.41, 5.74) is 13.6. The van der Waals surface area contributed by atoms with Gasteiger partial charge in [0.05, 0.1) is 11.4 Å². The Balaban J connectivity index is 1.08. The van der Waals surface area contributed by atoms with Crippen LogP contribution < -0.4 is 0 Å². The van der Waals surface area contributed by atoms with Crippen molar-refractivity contribution in [3.8, 4) is 56.2 Å². The van der Waals surface area contributed by atoms with Crippen LogP contribution >= 0.6 is 11.3 Å². The first kappa shape index (κ1) is 29.7. The minimum Gasteiger partial charge on any atom is -0.228 e. The predicted molar refractivity (Wildman–Crippen MR) is 214 cm³/mol. The topological polar surface area (TPSA) is 25.8 Å². The largest absolute Gasteiger partial charge is 0.228 e. The molecule has 9 aromatic rings. The van der Waals surface area contributed by atoms with Gasteiger partial charge in [0.15, 0.2) is 5.82 Å². The van der Waals surface area contributed by atoms with Crippen LogP contribution in [0.15, 0.2) is 176 Å². The Morgan fingerprint density at radius 1 is 0.412 bits per heavy atom. The average molecular weight is 669 g/mol. The first-order chi connectivity index (χ1) is 25.1. The van der Waals surface area contributed by atoms with E-state index in [4.69, 9.17) is 9.97 Å². The van der Waals surface area contributed by atoms with Crippen molar-refractivity contribution in [1.82, 2.24) is 9.97 Å². The van der Waals surface area contributed by atoms with Crippen molar-refractivity contribution in [2.24, 2.45) is 0 Å². The lowest BCUT2D eigenvalue weighted by molar-refractivity contribution is 0.714. The molecule has 10 rings (SSSR count). The smallest absolute Gasteiger partial charge is 0.160 e. The normalized spacial score (nSPS) is 14.8. The van der Waals surface area contributed by atoms with Crippen LogP contribution in [0.1, 0.15) is 23.6 Å². The van der Waals surface area contributed by atoms with Gasteiger partial charge in [-0.2, -0.15) is 0 Å². The summed E-state index contributed by atoms with van der Waals surface area (Å²) in [5.74, 6) is 0.719. The van der Waals surface area contributed by atoms with Crippen molar-refractivity contribution in [2.45, 2.75) is 12.3 Å². The number of nitrogens with zero attached hydrogens (tertiary/aromatic N) is 2. The monoisotopic (exact) mass is 668 g/mol. The Morgan fingerprint density at radius 2 is 1.02 bits per heavy atom. The van der Waals surface area contributed by atoms with Crippen LogP contribution in [-0.2, 0) is 5.41 Å². The van der Waals surface area contributed by atoms with Crippen molar-refractivity contribution < 1.29 is 0 Å². The standard InChI is InChI=1S/C48H32N2S/c1-48(36-14-6-3-7-15-36)41-18-10-8-16-37(41)38-26-25-35(28-42(38)48)44-30-43(49-47(50-44)33-12-4-2-5-13-33)32-22-20-31(21-23-32)34-24-27-40-39-17-9-11-19-45(39)51-46(40)29-34/h2-30H,1H3. The van der Waals surface area contributed by atoms with Crippen molar-refractivity contribution in [3.63, 3.8) is 0 Å². The van der Waals surface area contributed by atoms with Gasteiger partial charge in [0.1, 0.15) is 0 Å². The summed E-state index contributed by atoms with van der Waals surface area (Å²) in [4.78, 5) is 10.3. The van der Waals surface area contributed by atoms with Gasteiger partial charge in [0.25, 0.3) is 0 Å². The summed E-state index contributed by atoms with van der Waals surface area (Å²) in [7, 11) is 0. The van der Waals surface area contributed by atoms with E-state index in [-0.39, 0.29) is 5.41 Å². The average Bonchev–Trinajstić information content (AvgIpc) is 3.71. The lowest BCUT2D eigenvalue weighted by atomic mass is 9.74. The van der Waals surface area contributed by atoms with Gasteiger partial charge in [-0.15, -0.1) is 11.3 Å². The number of rotatable bonds is 5. The lowest BCUT2D eigenvalue weighted by Crippen LogP contribution is -2.22. The van der Waals surface area contributed by atoms with Crippen molar-refractivity contribution in [3.05, 3.63) is 193 Å². The second-order valence-electron chi connectivity index (χ2n) is 13.5. The fourth-order valence-corrected chi connectivity index (χ4v) is 9.08. The molecule has 0 spiro atoms. The van der Waals surface area contributed by atoms with Crippen molar-refractivity contribution >= 4 is 31.5 Å². The van der Waals surface area contributed by atoms with Gasteiger partial charge in [-0.25, -0.2) is 9.97 Å². The summed E-state index contributed by atoms with van der Waals surface area (Å²) in [5, 5.41) is 2.64. The minimum atomic E-state index is -0.282. The molecule has 7 aromatic carbocycles. The number of thiophene rings is 1. The third-order valence-electron chi connectivity index (χ3n) is 10.6. The molecule has 0 amide bonds. The summed E-state index contributed by atoms with van der Waals surface area (Å²) in [6, 6.07) is 63.3. The van der Waals surface area contributed by atoms with Crippen molar-refractivity contribution in [1.29, 1.82) is 0 Å². The van der Waals surface area contributed by atoms with Gasteiger partial charge in [0, 0.05) is 42.3 Å². The zero-order valence-electron chi connectivity index (χ0n) is 28.0. The molecule has 0 radical (unpaired) electrons. The molecule has 2 aromatic heterocycles. The van der Waals surface area contributed by atoms with E-state index in [2.05, 4.69) is 165 Å². The molecule has 240 valence electrons. The van der Waals surface area contributed by atoms with Crippen LogP contribution in [0.5, 0.6) is 0 Å². The number of fused-ring (bicyclic) bond motifs is 6. The van der Waals surface area contributed by atoms with Gasteiger partial charge in [-0.3, -0.25) is 0 Å². The maximum absolute atomic E-state index is 5.20. The second-order valence-corrected chi connectivity index (χ2v) is 14.6. The third kappa shape index (κ3) is 4.85. The third-order valence-corrected chi connectivity index (χ3v) is 11.7. The molecule has 1 aliphatic carbocycles. The van der Waals surface area contributed by atoms with E-state index in [1.54, 1.807) is 0 Å². The molecule has 0 saturated heterocycles. The summed E-state index contributed by atoms with van der Waals surface area (Å²) in [6.45, 7) is 2.36. The van der Waals surface area contributed by atoms with Gasteiger partial charge in [-0.1, -0.05) is 152 Å². The van der Waals surface area contributed by atoms with E-state index in [9.17, 15) is 0 Å². The molecule has 0 bridgehead atoms. The first-order valence-corrected chi connectivity index (χ1v) is 18.2. The number of aromatic nitrogens is 2. The molecule has 1 unspecified atom stereocenters. The van der Waals surface area contributed by atoms with Crippen LogP contribution in [0.4, 0.5) is 0 Å².